The topological polar surface area (TPSA) is 21.7 Å². The zero-order valence-electron chi connectivity index (χ0n) is 15.7. The Morgan fingerprint density at radius 2 is 1.57 bits per heavy atom. The smallest absolute Gasteiger partial charge is 0.0787 e. The molecule has 0 fully saturated rings. The van der Waals surface area contributed by atoms with Crippen LogP contribution in [0.2, 0.25) is 0 Å². The summed E-state index contributed by atoms with van der Waals surface area (Å²) >= 11 is 0. The fourth-order valence-electron chi connectivity index (χ4n) is 3.56. The minimum atomic E-state index is -0.128. The molecular weight excluding hydrogens is 286 g/mol. The molecule has 0 aliphatic carbocycles. The summed E-state index contributed by atoms with van der Waals surface area (Å²) in [5.74, 6) is 0. The van der Waals surface area contributed by atoms with Crippen molar-refractivity contribution in [3.05, 3.63) is 35.4 Å². The number of rotatable bonds is 8. The summed E-state index contributed by atoms with van der Waals surface area (Å²) in [5.41, 5.74) is 2.46. The fourth-order valence-corrected chi connectivity index (χ4v) is 3.56. The van der Waals surface area contributed by atoms with Crippen LogP contribution in [0.15, 0.2) is 24.3 Å². The number of hydrogen-bond acceptors (Lipinski definition) is 3. The summed E-state index contributed by atoms with van der Waals surface area (Å²) in [4.78, 5) is 6.38. The van der Waals surface area contributed by atoms with Crippen LogP contribution < -0.4 is 0 Å². The first kappa shape index (κ1) is 18.4. The van der Waals surface area contributed by atoms with Gasteiger partial charge in [-0.05, 0) is 58.6 Å². The molecule has 1 aromatic rings. The normalized spacial score (nSPS) is 20.4. The Balaban J connectivity index is 2.00. The molecule has 23 heavy (non-hydrogen) atoms. The van der Waals surface area contributed by atoms with Crippen LogP contribution in [-0.2, 0) is 20.7 Å². The van der Waals surface area contributed by atoms with Crippen molar-refractivity contribution < 1.29 is 9.57 Å². The summed E-state index contributed by atoms with van der Waals surface area (Å²) in [6.07, 6.45) is 3.38. The Morgan fingerprint density at radius 3 is 2.09 bits per heavy atom. The zero-order chi connectivity index (χ0) is 17.1. The van der Waals surface area contributed by atoms with Crippen molar-refractivity contribution in [2.24, 2.45) is 0 Å². The molecule has 1 aliphatic rings. The van der Waals surface area contributed by atoms with Crippen molar-refractivity contribution >= 4 is 0 Å². The summed E-state index contributed by atoms with van der Waals surface area (Å²) in [5, 5.41) is 2.18. The van der Waals surface area contributed by atoms with Gasteiger partial charge in [-0.3, -0.25) is 4.84 Å². The first-order chi connectivity index (χ1) is 10.8. The van der Waals surface area contributed by atoms with Gasteiger partial charge in [0.05, 0.1) is 17.2 Å². The van der Waals surface area contributed by atoms with Crippen molar-refractivity contribution in [2.45, 2.75) is 78.0 Å². The molecule has 0 spiro atoms. The van der Waals surface area contributed by atoms with E-state index in [-0.39, 0.29) is 17.2 Å². The highest BCUT2D eigenvalue weighted by Gasteiger charge is 2.50. The minimum Gasteiger partial charge on any atom is -0.381 e. The van der Waals surface area contributed by atoms with E-state index in [1.54, 1.807) is 0 Å². The van der Waals surface area contributed by atoms with E-state index in [0.29, 0.717) is 0 Å². The first-order valence-corrected chi connectivity index (χ1v) is 8.96. The van der Waals surface area contributed by atoms with E-state index >= 15 is 0 Å². The Kier molecular flexibility index (Phi) is 5.88. The largest absolute Gasteiger partial charge is 0.381 e. The molecule has 3 heteroatoms. The van der Waals surface area contributed by atoms with E-state index in [1.165, 1.54) is 17.5 Å². The molecule has 0 amide bonds. The summed E-state index contributed by atoms with van der Waals surface area (Å²) in [6, 6.07) is 8.67. The molecule has 0 N–H and O–H groups in total. The molecule has 0 radical (unpaired) electrons. The summed E-state index contributed by atoms with van der Waals surface area (Å²) in [6.45, 7) is 14.9. The predicted octanol–water partition coefficient (Wildman–Crippen LogP) is 5.00. The van der Waals surface area contributed by atoms with Gasteiger partial charge in [0.1, 0.15) is 0 Å². The zero-order valence-corrected chi connectivity index (χ0v) is 15.7. The van der Waals surface area contributed by atoms with Crippen LogP contribution in [0, 0.1) is 0 Å². The Labute approximate surface area is 141 Å². The molecule has 1 aliphatic heterocycles. The highest BCUT2D eigenvalue weighted by Crippen LogP contribution is 2.49. The molecule has 0 bridgehead atoms. The quantitative estimate of drug-likeness (QED) is 0.629. The van der Waals surface area contributed by atoms with Crippen LogP contribution in [0.25, 0.3) is 0 Å². The Morgan fingerprint density at radius 1 is 1.00 bits per heavy atom. The molecule has 0 saturated heterocycles. The third-order valence-corrected chi connectivity index (χ3v) is 4.86. The van der Waals surface area contributed by atoms with E-state index in [4.69, 9.17) is 9.57 Å². The summed E-state index contributed by atoms with van der Waals surface area (Å²) < 4.78 is 5.68. The number of ether oxygens (including phenoxy) is 1. The van der Waals surface area contributed by atoms with Gasteiger partial charge in [-0.15, -0.1) is 0 Å². The van der Waals surface area contributed by atoms with Gasteiger partial charge < -0.3 is 4.74 Å². The SMILES string of the molecule is CCCCOCCC(C)ON1C(C)(C)c2ccccc2C1(C)C. The van der Waals surface area contributed by atoms with Crippen molar-refractivity contribution in [1.29, 1.82) is 0 Å². The highest BCUT2D eigenvalue weighted by molar-refractivity contribution is 5.42. The molecule has 1 heterocycles. The van der Waals surface area contributed by atoms with Crippen LogP contribution in [0.3, 0.4) is 0 Å². The van der Waals surface area contributed by atoms with E-state index in [2.05, 4.69) is 70.9 Å². The monoisotopic (exact) mass is 319 g/mol. The molecule has 0 saturated carbocycles. The second-order valence-corrected chi connectivity index (χ2v) is 7.63. The van der Waals surface area contributed by atoms with Crippen LogP contribution in [0.4, 0.5) is 0 Å². The van der Waals surface area contributed by atoms with Gasteiger partial charge in [0.15, 0.2) is 0 Å². The van der Waals surface area contributed by atoms with E-state index in [1.807, 2.05) is 0 Å². The maximum Gasteiger partial charge on any atom is 0.0787 e. The van der Waals surface area contributed by atoms with Gasteiger partial charge in [-0.1, -0.05) is 37.6 Å². The van der Waals surface area contributed by atoms with Gasteiger partial charge in [-0.25, -0.2) is 0 Å². The second kappa shape index (κ2) is 7.33. The average Bonchev–Trinajstić information content (AvgIpc) is 2.66. The van der Waals surface area contributed by atoms with Gasteiger partial charge in [0.2, 0.25) is 0 Å². The van der Waals surface area contributed by atoms with Gasteiger partial charge in [0.25, 0.3) is 0 Å². The number of benzene rings is 1. The van der Waals surface area contributed by atoms with Crippen LogP contribution in [0.1, 0.15) is 71.9 Å². The van der Waals surface area contributed by atoms with Crippen molar-refractivity contribution in [3.8, 4) is 0 Å². The fraction of sp³-hybridized carbons (Fsp3) is 0.700. The standard InChI is InChI=1S/C20H33NO2/c1-7-8-14-22-15-13-16(2)23-21-19(3,4)17-11-9-10-12-18(17)20(21,5)6/h9-12,16H,7-8,13-15H2,1-6H3. The van der Waals surface area contributed by atoms with E-state index < -0.39 is 0 Å². The lowest BCUT2D eigenvalue weighted by Gasteiger charge is -2.41. The lowest BCUT2D eigenvalue weighted by Crippen LogP contribution is -2.47. The third-order valence-electron chi connectivity index (χ3n) is 4.86. The van der Waals surface area contributed by atoms with Crippen LogP contribution in [-0.4, -0.2) is 24.4 Å². The van der Waals surface area contributed by atoms with Gasteiger partial charge in [-0.2, -0.15) is 5.06 Å². The van der Waals surface area contributed by atoms with Gasteiger partial charge in [0, 0.05) is 13.2 Å². The third kappa shape index (κ3) is 3.78. The predicted molar refractivity (Wildman–Crippen MR) is 95.2 cm³/mol. The van der Waals surface area contributed by atoms with Crippen molar-refractivity contribution in [2.75, 3.05) is 13.2 Å². The van der Waals surface area contributed by atoms with E-state index in [9.17, 15) is 0 Å². The highest BCUT2D eigenvalue weighted by atomic mass is 16.7. The summed E-state index contributed by atoms with van der Waals surface area (Å²) in [7, 11) is 0. The molecule has 1 aromatic carbocycles. The lowest BCUT2D eigenvalue weighted by atomic mass is 9.91. The minimum absolute atomic E-state index is 0.128. The van der Waals surface area contributed by atoms with Gasteiger partial charge >= 0.3 is 0 Å². The molecular formula is C20H33NO2. The number of hydroxylamine groups is 2. The lowest BCUT2D eigenvalue weighted by molar-refractivity contribution is -0.286. The number of unbranched alkanes of at least 4 members (excludes halogenated alkanes) is 1. The second-order valence-electron chi connectivity index (χ2n) is 7.63. The molecule has 3 nitrogen and oxygen atoms in total. The number of nitrogens with zero attached hydrogens (tertiary/aromatic N) is 1. The molecule has 2 rings (SSSR count). The number of hydrogen-bond donors (Lipinski definition) is 0. The van der Waals surface area contributed by atoms with Crippen LogP contribution >= 0.6 is 0 Å². The average molecular weight is 319 g/mol. The molecule has 1 atom stereocenters. The molecule has 130 valence electrons. The van der Waals surface area contributed by atoms with Crippen molar-refractivity contribution in [3.63, 3.8) is 0 Å². The van der Waals surface area contributed by atoms with Crippen molar-refractivity contribution in [1.82, 2.24) is 5.06 Å². The maximum absolute atomic E-state index is 6.38. The molecule has 1 unspecified atom stereocenters. The Hall–Kier alpha value is -0.900. The first-order valence-electron chi connectivity index (χ1n) is 8.96. The van der Waals surface area contributed by atoms with Crippen LogP contribution in [0.5, 0.6) is 0 Å². The maximum atomic E-state index is 6.38. The Bertz CT molecular complexity index is 475. The number of fused-ring (bicyclic) bond motifs is 1. The van der Waals surface area contributed by atoms with E-state index in [0.717, 1.165) is 26.1 Å². The molecule has 0 aromatic heterocycles.